The van der Waals surface area contributed by atoms with Crippen molar-refractivity contribution >= 4 is 10.9 Å². The van der Waals surface area contributed by atoms with Gasteiger partial charge in [0.1, 0.15) is 22.4 Å². The maximum Gasteiger partial charge on any atom is 0.250 e. The lowest BCUT2D eigenvalue weighted by Gasteiger charge is -2.19. The Hall–Kier alpha value is -3.19. The third kappa shape index (κ3) is 4.46. The zero-order valence-electron chi connectivity index (χ0n) is 18.6. The molecule has 0 unspecified atom stereocenters. The van der Waals surface area contributed by atoms with Crippen LogP contribution in [0.2, 0.25) is 0 Å². The fourth-order valence-electron chi connectivity index (χ4n) is 3.24. The maximum atomic E-state index is 5.79. The van der Waals surface area contributed by atoms with Crippen molar-refractivity contribution in [2.24, 2.45) is 0 Å². The zero-order valence-corrected chi connectivity index (χ0v) is 19.4. The van der Waals surface area contributed by atoms with Gasteiger partial charge in [0.15, 0.2) is 27.9 Å². The smallest absolute Gasteiger partial charge is 0.250 e. The second-order valence-corrected chi connectivity index (χ2v) is 8.24. The minimum absolute atomic E-state index is 0.641. The molecule has 0 fully saturated rings. The molecule has 0 heterocycles. The molecule has 0 bridgehead atoms. The van der Waals surface area contributed by atoms with E-state index < -0.39 is 10.9 Å². The molecule has 7 heteroatoms. The molecule has 0 aliphatic rings. The zero-order chi connectivity index (χ0) is 22.4. The molecule has 0 aromatic heterocycles. The lowest BCUT2D eigenvalue weighted by Crippen LogP contribution is -2.12. The topological polar surface area (TPSA) is 55.4 Å². The molecule has 6 nitrogen and oxygen atoms in total. The summed E-state index contributed by atoms with van der Waals surface area (Å²) in [6.45, 7) is 0. The van der Waals surface area contributed by atoms with Gasteiger partial charge in [-0.1, -0.05) is 18.2 Å². The molecule has 0 spiro atoms. The van der Waals surface area contributed by atoms with Gasteiger partial charge in [-0.05, 0) is 12.1 Å². The van der Waals surface area contributed by atoms with Gasteiger partial charge in [-0.25, -0.2) is 0 Å². The molecular weight excluding hydrogens is 416 g/mol. The summed E-state index contributed by atoms with van der Waals surface area (Å²) in [6.07, 6.45) is 0. The van der Waals surface area contributed by atoms with Gasteiger partial charge in [-0.15, -0.1) is 0 Å². The molecule has 31 heavy (non-hydrogen) atoms. The van der Waals surface area contributed by atoms with Crippen molar-refractivity contribution in [3.8, 4) is 34.5 Å². The molecule has 0 radical (unpaired) electrons. The first-order chi connectivity index (χ1) is 15.1. The van der Waals surface area contributed by atoms with Gasteiger partial charge in [0.25, 0.3) is 0 Å². The predicted octanol–water partition coefficient (Wildman–Crippen LogP) is 4.83. The van der Waals surface area contributed by atoms with Crippen LogP contribution in [-0.4, -0.2) is 42.7 Å². The molecule has 3 aromatic carbocycles. The SMILES string of the molecule is COc1cc(OC)c([S+](c2ccccc2)c2c(OC)cc(OC)cc2OC)c(OC)c1. The average molecular weight is 444 g/mol. The number of benzene rings is 3. The largest absolute Gasteiger partial charge is 0.496 e. The second kappa shape index (κ2) is 10.2. The highest BCUT2D eigenvalue weighted by molar-refractivity contribution is 7.97. The van der Waals surface area contributed by atoms with Gasteiger partial charge in [0.2, 0.25) is 9.79 Å². The van der Waals surface area contributed by atoms with Crippen molar-refractivity contribution in [2.75, 3.05) is 42.7 Å². The number of hydrogen-bond acceptors (Lipinski definition) is 6. The molecule has 164 valence electrons. The summed E-state index contributed by atoms with van der Waals surface area (Å²) in [6, 6.07) is 17.5. The highest BCUT2D eigenvalue weighted by Crippen LogP contribution is 2.50. The van der Waals surface area contributed by atoms with Crippen LogP contribution in [0.25, 0.3) is 0 Å². The Morgan fingerprint density at radius 2 is 0.839 bits per heavy atom. The van der Waals surface area contributed by atoms with E-state index >= 15 is 0 Å². The maximum absolute atomic E-state index is 5.79. The van der Waals surface area contributed by atoms with Gasteiger partial charge >= 0.3 is 0 Å². The third-order valence-corrected chi connectivity index (χ3v) is 7.09. The Morgan fingerprint density at radius 1 is 0.484 bits per heavy atom. The van der Waals surface area contributed by atoms with Gasteiger partial charge in [0, 0.05) is 24.3 Å². The Kier molecular flexibility index (Phi) is 7.41. The highest BCUT2D eigenvalue weighted by Gasteiger charge is 2.42. The van der Waals surface area contributed by atoms with Gasteiger partial charge in [-0.2, -0.15) is 0 Å². The first-order valence-corrected chi connectivity index (χ1v) is 10.7. The quantitative estimate of drug-likeness (QED) is 0.442. The van der Waals surface area contributed by atoms with E-state index in [1.165, 1.54) is 0 Å². The Morgan fingerprint density at radius 3 is 1.13 bits per heavy atom. The molecule has 0 atom stereocenters. The standard InChI is InChI=1S/C24H27O6S/c1-25-16-12-19(27-3)23(20(13-16)28-4)31(18-10-8-7-9-11-18)24-21(29-5)14-17(26-2)15-22(24)30-6/h7-15H,1-6H3/q+1. The number of ether oxygens (including phenoxy) is 6. The first kappa shape index (κ1) is 22.5. The minimum atomic E-state index is -0.692. The number of hydrogen-bond donors (Lipinski definition) is 0. The van der Waals surface area contributed by atoms with Crippen molar-refractivity contribution in [1.29, 1.82) is 0 Å². The lowest BCUT2D eigenvalue weighted by molar-refractivity contribution is 0.357. The van der Waals surface area contributed by atoms with Crippen molar-refractivity contribution in [3.63, 3.8) is 0 Å². The summed E-state index contributed by atoms with van der Waals surface area (Å²) in [7, 11) is 9.06. The van der Waals surface area contributed by atoms with Crippen LogP contribution in [0.3, 0.4) is 0 Å². The average Bonchev–Trinajstić information content (AvgIpc) is 2.84. The molecule has 0 saturated carbocycles. The van der Waals surface area contributed by atoms with E-state index in [1.54, 1.807) is 42.7 Å². The van der Waals surface area contributed by atoms with Gasteiger partial charge < -0.3 is 28.4 Å². The van der Waals surface area contributed by atoms with E-state index in [1.807, 2.05) is 42.5 Å². The van der Waals surface area contributed by atoms with E-state index in [-0.39, 0.29) is 0 Å². The molecule has 3 aromatic rings. The molecule has 0 saturated heterocycles. The van der Waals surface area contributed by atoms with Crippen LogP contribution in [0, 0.1) is 0 Å². The third-order valence-electron chi connectivity index (χ3n) is 4.73. The summed E-state index contributed by atoms with van der Waals surface area (Å²) >= 11 is 0. The van der Waals surface area contributed by atoms with Crippen LogP contribution in [0.1, 0.15) is 0 Å². The molecule has 0 aliphatic carbocycles. The van der Waals surface area contributed by atoms with Crippen LogP contribution in [-0.2, 0) is 10.9 Å². The van der Waals surface area contributed by atoms with E-state index in [9.17, 15) is 0 Å². The Labute approximate surface area is 186 Å². The van der Waals surface area contributed by atoms with Crippen molar-refractivity contribution in [3.05, 3.63) is 54.6 Å². The normalized spacial score (nSPS) is 10.5. The lowest BCUT2D eigenvalue weighted by atomic mass is 10.3. The molecule has 3 rings (SSSR count). The molecule has 0 aliphatic heterocycles. The van der Waals surface area contributed by atoms with Gasteiger partial charge in [0.05, 0.1) is 42.7 Å². The fourth-order valence-corrected chi connectivity index (χ4v) is 5.72. The summed E-state index contributed by atoms with van der Waals surface area (Å²) < 4.78 is 34.0. The van der Waals surface area contributed by atoms with Gasteiger partial charge in [-0.3, -0.25) is 0 Å². The van der Waals surface area contributed by atoms with E-state index in [2.05, 4.69) is 12.1 Å². The monoisotopic (exact) mass is 443 g/mol. The van der Waals surface area contributed by atoms with Crippen LogP contribution >= 0.6 is 0 Å². The van der Waals surface area contributed by atoms with Crippen LogP contribution in [0.15, 0.2) is 69.3 Å². The van der Waals surface area contributed by atoms with E-state index in [0.29, 0.717) is 34.5 Å². The number of rotatable bonds is 9. The van der Waals surface area contributed by atoms with Crippen molar-refractivity contribution in [2.45, 2.75) is 14.7 Å². The number of methoxy groups -OCH3 is 6. The van der Waals surface area contributed by atoms with E-state index in [0.717, 1.165) is 14.7 Å². The van der Waals surface area contributed by atoms with Crippen molar-refractivity contribution < 1.29 is 28.4 Å². The fraction of sp³-hybridized carbons (Fsp3) is 0.250. The summed E-state index contributed by atoms with van der Waals surface area (Å²) in [5, 5.41) is 0. The van der Waals surface area contributed by atoms with Crippen LogP contribution in [0.4, 0.5) is 0 Å². The van der Waals surface area contributed by atoms with Crippen LogP contribution < -0.4 is 28.4 Å². The minimum Gasteiger partial charge on any atom is -0.496 e. The summed E-state index contributed by atoms with van der Waals surface area (Å²) in [5.74, 6) is 3.85. The summed E-state index contributed by atoms with van der Waals surface area (Å²) in [5.41, 5.74) is 0. The molecule has 0 N–H and O–H groups in total. The predicted molar refractivity (Wildman–Crippen MR) is 121 cm³/mol. The van der Waals surface area contributed by atoms with E-state index in [4.69, 9.17) is 28.4 Å². The first-order valence-electron chi connectivity index (χ1n) is 9.51. The highest BCUT2D eigenvalue weighted by atomic mass is 32.2. The molecular formula is C24H27O6S+. The molecule has 0 amide bonds. The Bertz CT molecular complexity index is 908. The summed E-state index contributed by atoms with van der Waals surface area (Å²) in [4.78, 5) is 2.77. The Balaban J connectivity index is 2.42. The second-order valence-electron chi connectivity index (χ2n) is 6.34. The van der Waals surface area contributed by atoms with Crippen LogP contribution in [0.5, 0.6) is 34.5 Å². The van der Waals surface area contributed by atoms with Crippen molar-refractivity contribution in [1.82, 2.24) is 0 Å².